The number of phenolic OH excluding ortho intramolecular Hbond substituents is 1. The summed E-state index contributed by atoms with van der Waals surface area (Å²) in [5.41, 5.74) is 0.573. The highest BCUT2D eigenvalue weighted by Gasteiger charge is 2.14. The molecule has 0 fully saturated rings. The average molecular weight is 366 g/mol. The molecule has 128 valence electrons. The van der Waals surface area contributed by atoms with E-state index in [0.717, 1.165) is 4.68 Å². The van der Waals surface area contributed by atoms with Crippen molar-refractivity contribution in [2.75, 3.05) is 0 Å². The van der Waals surface area contributed by atoms with E-state index in [1.54, 1.807) is 48.5 Å². The summed E-state index contributed by atoms with van der Waals surface area (Å²) in [5.74, 6) is 0.663. The minimum atomic E-state index is -0.347. The fourth-order valence-electron chi connectivity index (χ4n) is 2.54. The fourth-order valence-corrected chi connectivity index (χ4v) is 2.73. The molecule has 0 spiro atoms. The molecule has 4 rings (SSSR count). The van der Waals surface area contributed by atoms with Gasteiger partial charge in [0.05, 0.1) is 23.4 Å². The zero-order chi connectivity index (χ0) is 18.1. The zero-order valence-corrected chi connectivity index (χ0v) is 14.1. The average Bonchev–Trinajstić information content (AvgIpc) is 3.18. The molecule has 0 amide bonds. The first-order chi connectivity index (χ1) is 12.6. The summed E-state index contributed by atoms with van der Waals surface area (Å²) < 4.78 is 6.53. The van der Waals surface area contributed by atoms with E-state index in [1.165, 1.54) is 18.5 Å². The second-order valence-electron chi connectivity index (χ2n) is 5.49. The Bertz CT molecular complexity index is 1180. The Kier molecular flexibility index (Phi) is 4.02. The number of halogens is 1. The van der Waals surface area contributed by atoms with E-state index in [2.05, 4.69) is 10.1 Å². The Morgan fingerprint density at radius 3 is 2.81 bits per heavy atom. The molecule has 4 aromatic rings. The van der Waals surface area contributed by atoms with Gasteiger partial charge in [0.15, 0.2) is 5.76 Å². The van der Waals surface area contributed by atoms with Crippen LogP contribution in [0.25, 0.3) is 22.5 Å². The maximum Gasteiger partial charge on any atom is 0.282 e. The molecular weight excluding hydrogens is 354 g/mol. The normalized spacial score (nSPS) is 11.4. The van der Waals surface area contributed by atoms with Crippen molar-refractivity contribution in [1.29, 1.82) is 0 Å². The zero-order valence-electron chi connectivity index (χ0n) is 13.3. The third kappa shape index (κ3) is 2.87. The number of aromatic nitrogens is 2. The van der Waals surface area contributed by atoms with Crippen LogP contribution in [0.2, 0.25) is 5.02 Å². The topological polar surface area (TPSA) is 80.6 Å². The maximum absolute atomic E-state index is 12.9. The van der Waals surface area contributed by atoms with Crippen molar-refractivity contribution in [3.63, 3.8) is 0 Å². The summed E-state index contributed by atoms with van der Waals surface area (Å²) in [7, 11) is 0. The smallest absolute Gasteiger partial charge is 0.282 e. The highest BCUT2D eigenvalue weighted by molar-refractivity contribution is 6.30. The van der Waals surface area contributed by atoms with E-state index < -0.39 is 0 Å². The van der Waals surface area contributed by atoms with Crippen LogP contribution in [0.1, 0.15) is 5.56 Å². The quantitative estimate of drug-likeness (QED) is 0.558. The lowest BCUT2D eigenvalue weighted by Gasteiger charge is -2.07. The maximum atomic E-state index is 12.9. The molecule has 0 bridgehead atoms. The molecule has 7 heteroatoms. The monoisotopic (exact) mass is 365 g/mol. The summed E-state index contributed by atoms with van der Waals surface area (Å²) in [4.78, 5) is 17.4. The molecule has 0 atom stereocenters. The summed E-state index contributed by atoms with van der Waals surface area (Å²) in [6, 6.07) is 15.0. The van der Waals surface area contributed by atoms with Gasteiger partial charge in [0, 0.05) is 10.6 Å². The Balaban J connectivity index is 1.94. The number of benzene rings is 2. The number of aromatic hydroxyl groups is 1. The summed E-state index contributed by atoms with van der Waals surface area (Å²) in [6.07, 6.45) is 2.85. The van der Waals surface area contributed by atoms with Crippen LogP contribution in [-0.4, -0.2) is 21.0 Å². The lowest BCUT2D eigenvalue weighted by Crippen LogP contribution is -2.20. The molecule has 0 aliphatic heterocycles. The molecule has 2 aromatic carbocycles. The number of furan rings is 1. The molecule has 0 unspecified atom stereocenters. The molecule has 2 heterocycles. The van der Waals surface area contributed by atoms with Crippen molar-refractivity contribution < 1.29 is 9.52 Å². The Morgan fingerprint density at radius 2 is 2.00 bits per heavy atom. The number of phenols is 1. The number of rotatable bonds is 3. The van der Waals surface area contributed by atoms with Gasteiger partial charge >= 0.3 is 0 Å². The van der Waals surface area contributed by atoms with Crippen LogP contribution in [0.5, 0.6) is 5.75 Å². The van der Waals surface area contributed by atoms with E-state index in [1.807, 2.05) is 0 Å². The Morgan fingerprint density at radius 1 is 1.15 bits per heavy atom. The van der Waals surface area contributed by atoms with Crippen molar-refractivity contribution in [2.24, 2.45) is 5.10 Å². The highest BCUT2D eigenvalue weighted by Crippen LogP contribution is 2.21. The van der Waals surface area contributed by atoms with Gasteiger partial charge < -0.3 is 9.52 Å². The van der Waals surface area contributed by atoms with Gasteiger partial charge in [-0.15, -0.1) is 0 Å². The minimum Gasteiger partial charge on any atom is -0.507 e. The minimum absolute atomic E-state index is 0.000467. The third-order valence-corrected chi connectivity index (χ3v) is 4.03. The van der Waals surface area contributed by atoms with Gasteiger partial charge in [0.25, 0.3) is 5.56 Å². The number of fused-ring (bicyclic) bond motifs is 1. The van der Waals surface area contributed by atoms with Gasteiger partial charge in [-0.25, -0.2) is 4.98 Å². The van der Waals surface area contributed by atoms with Crippen LogP contribution in [0, 0.1) is 0 Å². The molecule has 0 saturated carbocycles. The first-order valence-corrected chi connectivity index (χ1v) is 8.10. The highest BCUT2D eigenvalue weighted by atomic mass is 35.5. The molecule has 0 radical (unpaired) electrons. The van der Waals surface area contributed by atoms with Gasteiger partial charge in [0.2, 0.25) is 5.82 Å². The van der Waals surface area contributed by atoms with E-state index >= 15 is 0 Å². The van der Waals surface area contributed by atoms with Crippen LogP contribution in [0.3, 0.4) is 0 Å². The Hall–Kier alpha value is -3.38. The molecule has 26 heavy (non-hydrogen) atoms. The van der Waals surface area contributed by atoms with Gasteiger partial charge in [-0.2, -0.15) is 9.78 Å². The van der Waals surface area contributed by atoms with E-state index in [0.29, 0.717) is 27.2 Å². The van der Waals surface area contributed by atoms with Crippen LogP contribution in [-0.2, 0) is 0 Å². The van der Waals surface area contributed by atoms with Crippen molar-refractivity contribution in [2.45, 2.75) is 0 Å². The van der Waals surface area contributed by atoms with E-state index in [-0.39, 0.29) is 17.1 Å². The van der Waals surface area contributed by atoms with Crippen molar-refractivity contribution in [3.05, 3.63) is 81.8 Å². The molecule has 0 aliphatic carbocycles. The SMILES string of the molecule is O=c1c2ccccc2nc(-c2ccco2)n1/N=C/c1cc(Cl)ccc1O. The van der Waals surface area contributed by atoms with Gasteiger partial charge in [0.1, 0.15) is 5.75 Å². The summed E-state index contributed by atoms with van der Waals surface area (Å²) in [5, 5.41) is 15.0. The van der Waals surface area contributed by atoms with E-state index in [9.17, 15) is 9.90 Å². The van der Waals surface area contributed by atoms with E-state index in [4.69, 9.17) is 16.0 Å². The standard InChI is InChI=1S/C19H12ClN3O3/c20-13-7-8-16(24)12(10-13)11-21-23-18(17-6-3-9-26-17)22-15-5-2-1-4-14(15)19(23)25/h1-11,24H/b21-11+. The molecular formula is C19H12ClN3O3. The molecule has 0 saturated heterocycles. The van der Waals surface area contributed by atoms with Crippen LogP contribution >= 0.6 is 11.6 Å². The fraction of sp³-hybridized carbons (Fsp3) is 0. The molecule has 0 aliphatic rings. The van der Waals surface area contributed by atoms with Crippen molar-refractivity contribution in [1.82, 2.24) is 9.66 Å². The number of nitrogens with zero attached hydrogens (tertiary/aromatic N) is 3. The molecule has 1 N–H and O–H groups in total. The van der Waals surface area contributed by atoms with Gasteiger partial charge in [-0.05, 0) is 42.5 Å². The summed E-state index contributed by atoms with van der Waals surface area (Å²) in [6.45, 7) is 0. The van der Waals surface area contributed by atoms with Crippen LogP contribution in [0.15, 0.2) is 75.2 Å². The van der Waals surface area contributed by atoms with Crippen LogP contribution < -0.4 is 5.56 Å². The lowest BCUT2D eigenvalue weighted by molar-refractivity contribution is 0.474. The van der Waals surface area contributed by atoms with Gasteiger partial charge in [-0.1, -0.05) is 23.7 Å². The largest absolute Gasteiger partial charge is 0.507 e. The third-order valence-electron chi connectivity index (χ3n) is 3.80. The predicted octanol–water partition coefficient (Wildman–Crippen LogP) is 3.90. The predicted molar refractivity (Wildman–Crippen MR) is 99.8 cm³/mol. The van der Waals surface area contributed by atoms with Crippen molar-refractivity contribution >= 4 is 28.7 Å². The van der Waals surface area contributed by atoms with Crippen LogP contribution in [0.4, 0.5) is 0 Å². The lowest BCUT2D eigenvalue weighted by atomic mass is 10.2. The van der Waals surface area contributed by atoms with Crippen molar-refractivity contribution in [3.8, 4) is 17.3 Å². The number of para-hydroxylation sites is 1. The van der Waals surface area contributed by atoms with Gasteiger partial charge in [-0.3, -0.25) is 4.79 Å². The molecule has 6 nitrogen and oxygen atoms in total. The Labute approximate surface area is 152 Å². The first-order valence-electron chi connectivity index (χ1n) is 7.72. The number of hydrogen-bond acceptors (Lipinski definition) is 5. The number of hydrogen-bond donors (Lipinski definition) is 1. The second-order valence-corrected chi connectivity index (χ2v) is 5.93. The first kappa shape index (κ1) is 16.1. The second kappa shape index (κ2) is 6.50. The molecule has 2 aromatic heterocycles. The summed E-state index contributed by atoms with van der Waals surface area (Å²) >= 11 is 5.95.